The van der Waals surface area contributed by atoms with Gasteiger partial charge in [-0.1, -0.05) is 0 Å². The van der Waals surface area contributed by atoms with E-state index in [2.05, 4.69) is 0 Å². The average Bonchev–Trinajstić information content (AvgIpc) is 2.23. The molecular weight excluding hydrogens is 224 g/mol. The molecule has 5 nitrogen and oxygen atoms in total. The fourth-order valence-corrected chi connectivity index (χ4v) is 1.10. The lowest BCUT2D eigenvalue weighted by atomic mass is 10.4. The zero-order chi connectivity index (χ0) is 13.3. The summed E-state index contributed by atoms with van der Waals surface area (Å²) in [5, 5.41) is 18.1. The molecule has 0 aliphatic carbocycles. The number of hydrogen-bond donors (Lipinski definition) is 2. The van der Waals surface area contributed by atoms with Crippen LogP contribution in [0.25, 0.3) is 0 Å². The van der Waals surface area contributed by atoms with Gasteiger partial charge in [0, 0.05) is 0 Å². The second-order valence-electron chi connectivity index (χ2n) is 4.52. The van der Waals surface area contributed by atoms with E-state index in [1.54, 1.807) is 13.8 Å². The van der Waals surface area contributed by atoms with Crippen LogP contribution in [0.3, 0.4) is 0 Å². The van der Waals surface area contributed by atoms with Gasteiger partial charge >= 0.3 is 0 Å². The van der Waals surface area contributed by atoms with Crippen molar-refractivity contribution in [1.29, 1.82) is 0 Å². The Bertz CT molecular complexity index is 154. The Morgan fingerprint density at radius 3 is 1.35 bits per heavy atom. The summed E-state index contributed by atoms with van der Waals surface area (Å²) in [5.41, 5.74) is 0. The molecule has 0 rings (SSSR count). The minimum atomic E-state index is -0.453. The Hall–Kier alpha value is -0.200. The highest BCUT2D eigenvalue weighted by atomic mass is 16.6. The van der Waals surface area contributed by atoms with Gasteiger partial charge in [0.25, 0.3) is 0 Å². The Labute approximate surface area is 104 Å². The molecule has 0 radical (unpaired) electrons. The van der Waals surface area contributed by atoms with Gasteiger partial charge in [-0.3, -0.25) is 0 Å². The first-order chi connectivity index (χ1) is 7.91. The number of hydrogen-bond acceptors (Lipinski definition) is 5. The molecule has 0 spiro atoms. The van der Waals surface area contributed by atoms with Crippen molar-refractivity contribution in [2.24, 2.45) is 0 Å². The standard InChI is InChI=1S/C12H26O5/c1-9(13)5-16-11(3)7-15-8-12(4)17-6-10(2)14/h9-14H,5-8H2,1-4H3/t9-,10-,11-,12-/m0/s1. The van der Waals surface area contributed by atoms with Crippen molar-refractivity contribution in [3.8, 4) is 0 Å². The van der Waals surface area contributed by atoms with Gasteiger partial charge in [-0.2, -0.15) is 0 Å². The Kier molecular flexibility index (Phi) is 9.68. The van der Waals surface area contributed by atoms with Gasteiger partial charge in [0.1, 0.15) is 0 Å². The molecule has 0 amide bonds. The number of aliphatic hydroxyl groups excluding tert-OH is 2. The van der Waals surface area contributed by atoms with E-state index >= 15 is 0 Å². The van der Waals surface area contributed by atoms with Crippen molar-refractivity contribution >= 4 is 0 Å². The third kappa shape index (κ3) is 12.1. The van der Waals surface area contributed by atoms with E-state index in [9.17, 15) is 0 Å². The van der Waals surface area contributed by atoms with Crippen molar-refractivity contribution in [3.05, 3.63) is 0 Å². The third-order valence-corrected chi connectivity index (χ3v) is 1.95. The van der Waals surface area contributed by atoms with Gasteiger partial charge < -0.3 is 24.4 Å². The quantitative estimate of drug-likeness (QED) is 0.593. The minimum Gasteiger partial charge on any atom is -0.391 e. The van der Waals surface area contributed by atoms with Gasteiger partial charge in [0.2, 0.25) is 0 Å². The summed E-state index contributed by atoms with van der Waals surface area (Å²) < 4.78 is 16.1. The molecule has 0 aromatic rings. The van der Waals surface area contributed by atoms with Crippen LogP contribution in [0.15, 0.2) is 0 Å². The first-order valence-electron chi connectivity index (χ1n) is 6.08. The average molecular weight is 250 g/mol. The molecule has 0 aromatic heterocycles. The van der Waals surface area contributed by atoms with Crippen LogP contribution in [0.4, 0.5) is 0 Å². The van der Waals surface area contributed by atoms with Crippen molar-refractivity contribution < 1.29 is 24.4 Å². The molecular formula is C12H26O5. The van der Waals surface area contributed by atoms with Crippen LogP contribution in [0.1, 0.15) is 27.7 Å². The van der Waals surface area contributed by atoms with E-state index in [4.69, 9.17) is 24.4 Å². The van der Waals surface area contributed by atoms with Crippen molar-refractivity contribution in [3.63, 3.8) is 0 Å². The topological polar surface area (TPSA) is 68.2 Å². The SMILES string of the molecule is C[C@H](O)CO[C@@H](C)COC[C@H](C)OC[C@H](C)O. The molecule has 0 fully saturated rings. The second kappa shape index (κ2) is 9.79. The minimum absolute atomic E-state index is 0.0476. The predicted octanol–water partition coefficient (Wildman–Crippen LogP) is 0.575. The lowest BCUT2D eigenvalue weighted by Gasteiger charge is -2.17. The van der Waals surface area contributed by atoms with Crippen LogP contribution in [-0.4, -0.2) is 61.1 Å². The van der Waals surface area contributed by atoms with Gasteiger partial charge in [-0.25, -0.2) is 0 Å². The number of ether oxygens (including phenoxy) is 3. The summed E-state index contributed by atoms with van der Waals surface area (Å²) in [6.07, 6.45) is -1.00. The van der Waals surface area contributed by atoms with Gasteiger partial charge in [-0.05, 0) is 27.7 Å². The van der Waals surface area contributed by atoms with Crippen LogP contribution in [0.2, 0.25) is 0 Å². The lowest BCUT2D eigenvalue weighted by molar-refractivity contribution is -0.0696. The van der Waals surface area contributed by atoms with Crippen LogP contribution in [0.5, 0.6) is 0 Å². The summed E-state index contributed by atoms with van der Waals surface area (Å²) in [5.74, 6) is 0. The molecule has 0 bridgehead atoms. The highest BCUT2D eigenvalue weighted by Crippen LogP contribution is 1.98. The number of aliphatic hydroxyl groups is 2. The molecule has 4 atom stereocenters. The highest BCUT2D eigenvalue weighted by Gasteiger charge is 2.08. The van der Waals surface area contributed by atoms with Crippen molar-refractivity contribution in [2.75, 3.05) is 26.4 Å². The maximum absolute atomic E-state index is 9.03. The summed E-state index contributed by atoms with van der Waals surface area (Å²) in [6, 6.07) is 0. The first-order valence-corrected chi connectivity index (χ1v) is 6.08. The van der Waals surface area contributed by atoms with E-state index in [0.717, 1.165) is 0 Å². The van der Waals surface area contributed by atoms with E-state index in [-0.39, 0.29) is 12.2 Å². The van der Waals surface area contributed by atoms with E-state index in [1.807, 2.05) is 13.8 Å². The fourth-order valence-electron chi connectivity index (χ4n) is 1.10. The van der Waals surface area contributed by atoms with Crippen molar-refractivity contribution in [1.82, 2.24) is 0 Å². The molecule has 0 aromatic carbocycles. The second-order valence-corrected chi connectivity index (χ2v) is 4.52. The van der Waals surface area contributed by atoms with E-state index in [0.29, 0.717) is 26.4 Å². The molecule has 17 heavy (non-hydrogen) atoms. The van der Waals surface area contributed by atoms with Crippen molar-refractivity contribution in [2.45, 2.75) is 52.1 Å². The molecule has 0 aliphatic heterocycles. The summed E-state index contributed by atoms with van der Waals surface area (Å²) >= 11 is 0. The predicted molar refractivity (Wildman–Crippen MR) is 65.0 cm³/mol. The van der Waals surface area contributed by atoms with E-state index in [1.165, 1.54) is 0 Å². The Balaban J connectivity index is 3.42. The highest BCUT2D eigenvalue weighted by molar-refractivity contribution is 4.54. The molecule has 104 valence electrons. The van der Waals surface area contributed by atoms with E-state index < -0.39 is 12.2 Å². The molecule has 0 aliphatic rings. The summed E-state index contributed by atoms with van der Waals surface area (Å²) in [6.45, 7) is 8.72. The number of rotatable bonds is 10. The zero-order valence-corrected chi connectivity index (χ0v) is 11.3. The lowest BCUT2D eigenvalue weighted by Crippen LogP contribution is -2.25. The monoisotopic (exact) mass is 250 g/mol. The van der Waals surface area contributed by atoms with Gasteiger partial charge in [-0.15, -0.1) is 0 Å². The molecule has 2 N–H and O–H groups in total. The molecule has 0 saturated heterocycles. The van der Waals surface area contributed by atoms with Gasteiger partial charge in [0.15, 0.2) is 0 Å². The molecule has 0 saturated carbocycles. The van der Waals surface area contributed by atoms with Gasteiger partial charge in [0.05, 0.1) is 50.8 Å². The molecule has 0 unspecified atom stereocenters. The van der Waals surface area contributed by atoms with Crippen LogP contribution < -0.4 is 0 Å². The Morgan fingerprint density at radius 2 is 1.06 bits per heavy atom. The first kappa shape index (κ1) is 16.8. The zero-order valence-electron chi connectivity index (χ0n) is 11.3. The normalized spacial score (nSPS) is 18.7. The smallest absolute Gasteiger partial charge is 0.0781 e. The maximum atomic E-state index is 9.03. The fraction of sp³-hybridized carbons (Fsp3) is 1.00. The van der Waals surface area contributed by atoms with Crippen LogP contribution in [0, 0.1) is 0 Å². The Morgan fingerprint density at radius 1 is 0.706 bits per heavy atom. The maximum Gasteiger partial charge on any atom is 0.0781 e. The summed E-state index contributed by atoms with van der Waals surface area (Å²) in [4.78, 5) is 0. The summed E-state index contributed by atoms with van der Waals surface area (Å²) in [7, 11) is 0. The molecule has 0 heterocycles. The molecule has 5 heteroatoms. The third-order valence-electron chi connectivity index (χ3n) is 1.95. The largest absolute Gasteiger partial charge is 0.391 e. The van der Waals surface area contributed by atoms with Crippen LogP contribution in [-0.2, 0) is 14.2 Å². The van der Waals surface area contributed by atoms with Crippen LogP contribution >= 0.6 is 0 Å².